The molecule has 0 N–H and O–H groups in total. The fraction of sp³-hybridized carbons (Fsp3) is 0.625. The first-order valence-corrected chi connectivity index (χ1v) is 10.8. The quantitative estimate of drug-likeness (QED) is 0.429. The minimum atomic E-state index is -1.79. The molecule has 0 aromatic rings. The molecule has 4 atom stereocenters. The van der Waals surface area contributed by atoms with Gasteiger partial charge < -0.3 is 0 Å². The van der Waals surface area contributed by atoms with E-state index in [1.165, 1.54) is 12.8 Å². The SMILES string of the molecule is C=CC1C[C]1(C(=O)OC[CH2][Co](=[O])[C]1(C(C)=O)CC1C=C)[Co]([CH3])=[O]. The first kappa shape index (κ1) is 18.6. The first-order chi connectivity index (χ1) is 10.8. The van der Waals surface area contributed by atoms with Crippen molar-refractivity contribution in [2.45, 2.75) is 39.7 Å². The number of rotatable bonds is 9. The molecular formula is C16H22Co2O5. The van der Waals surface area contributed by atoms with E-state index in [9.17, 15) is 17.3 Å². The molecule has 0 aliphatic heterocycles. The number of hydrogen-bond acceptors (Lipinski definition) is 5. The van der Waals surface area contributed by atoms with Gasteiger partial charge in [-0.05, 0) is 0 Å². The van der Waals surface area contributed by atoms with E-state index in [1.807, 2.05) is 0 Å². The molecule has 2 aliphatic carbocycles. The Balaban J connectivity index is 1.90. The van der Waals surface area contributed by atoms with Crippen LogP contribution in [-0.4, -0.2) is 18.4 Å². The summed E-state index contributed by atoms with van der Waals surface area (Å²) in [6.45, 7) is 8.71. The number of carbonyl (C=O) groups excluding carboxylic acids is 2. The molecule has 0 aromatic carbocycles. The van der Waals surface area contributed by atoms with E-state index in [2.05, 4.69) is 13.2 Å². The summed E-state index contributed by atoms with van der Waals surface area (Å²) in [5, 5.41) is 0.137. The van der Waals surface area contributed by atoms with Crippen molar-refractivity contribution in [3.63, 3.8) is 0 Å². The molecule has 7 heteroatoms. The third-order valence-electron chi connectivity index (χ3n) is 4.51. The van der Waals surface area contributed by atoms with Crippen molar-refractivity contribution in [2.75, 3.05) is 6.61 Å². The molecule has 0 spiro atoms. The Labute approximate surface area is 144 Å². The van der Waals surface area contributed by atoms with Gasteiger partial charge in [-0.1, -0.05) is 0 Å². The van der Waals surface area contributed by atoms with Crippen LogP contribution < -0.4 is 0 Å². The van der Waals surface area contributed by atoms with Crippen molar-refractivity contribution in [1.29, 1.82) is 0 Å². The number of Topliss-reactive ketones (excluding diaryl/α,β-unsaturated/α-hetero) is 1. The third kappa shape index (κ3) is 2.99. The number of carbonyl (C=O) groups is 2. The number of ether oxygens (including phenoxy) is 1. The van der Waals surface area contributed by atoms with Gasteiger partial charge in [0, 0.05) is 0 Å². The molecule has 5 nitrogen and oxygen atoms in total. The first-order valence-electron chi connectivity index (χ1n) is 7.16. The van der Waals surface area contributed by atoms with Crippen LogP contribution in [0, 0.1) is 11.8 Å². The minimum absolute atomic E-state index is 0.0275. The summed E-state index contributed by atoms with van der Waals surface area (Å²) in [6.07, 6.45) is 4.33. The molecule has 23 heavy (non-hydrogen) atoms. The molecule has 2 rings (SSSR count). The van der Waals surface area contributed by atoms with E-state index in [4.69, 9.17) is 4.74 Å². The maximum absolute atomic E-state index is 12.5. The summed E-state index contributed by atoms with van der Waals surface area (Å²) in [4.78, 5) is 24.0. The molecule has 0 saturated heterocycles. The Morgan fingerprint density at radius 1 is 1.17 bits per heavy atom. The van der Waals surface area contributed by atoms with Crippen molar-refractivity contribution in [2.24, 2.45) is 11.8 Å². The van der Waals surface area contributed by atoms with Crippen LogP contribution in [0.5, 0.6) is 0 Å². The van der Waals surface area contributed by atoms with Gasteiger partial charge >= 0.3 is 144 Å². The third-order valence-corrected chi connectivity index (χ3v) is 9.32. The van der Waals surface area contributed by atoms with E-state index in [1.54, 1.807) is 12.2 Å². The topological polar surface area (TPSA) is 77.5 Å². The maximum atomic E-state index is 12.5. The van der Waals surface area contributed by atoms with Gasteiger partial charge in [0.15, 0.2) is 0 Å². The van der Waals surface area contributed by atoms with Crippen LogP contribution in [0.3, 0.4) is 0 Å². The zero-order chi connectivity index (χ0) is 17.4. The van der Waals surface area contributed by atoms with Crippen LogP contribution >= 0.6 is 0 Å². The van der Waals surface area contributed by atoms with Gasteiger partial charge in [-0.3, -0.25) is 0 Å². The van der Waals surface area contributed by atoms with Crippen LogP contribution in [0.1, 0.15) is 19.8 Å². The van der Waals surface area contributed by atoms with E-state index in [-0.39, 0.29) is 29.6 Å². The second kappa shape index (κ2) is 6.62. The van der Waals surface area contributed by atoms with Crippen molar-refractivity contribution in [3.8, 4) is 0 Å². The molecular weight excluding hydrogens is 390 g/mol. The van der Waals surface area contributed by atoms with Crippen LogP contribution in [0.15, 0.2) is 25.3 Å². The average molecular weight is 412 g/mol. The number of esters is 1. The normalized spacial score (nSPS) is 35.7. The summed E-state index contributed by atoms with van der Waals surface area (Å²) >= 11 is -3.48. The van der Waals surface area contributed by atoms with E-state index in [0.717, 1.165) is 0 Å². The number of ketones is 1. The van der Waals surface area contributed by atoms with Gasteiger partial charge in [0.25, 0.3) is 0 Å². The zero-order valence-corrected chi connectivity index (χ0v) is 15.3. The molecule has 0 aromatic heterocycles. The predicted octanol–water partition coefficient (Wildman–Crippen LogP) is 3.24. The summed E-state index contributed by atoms with van der Waals surface area (Å²) in [7, 11) is 0. The van der Waals surface area contributed by atoms with Crippen molar-refractivity contribution < 1.29 is 49.2 Å². The predicted molar refractivity (Wildman–Crippen MR) is 75.7 cm³/mol. The van der Waals surface area contributed by atoms with Gasteiger partial charge in [0.05, 0.1) is 0 Å². The van der Waals surface area contributed by atoms with Gasteiger partial charge in [0.1, 0.15) is 0 Å². The Hall–Kier alpha value is -0.767. The monoisotopic (exact) mass is 412 g/mol. The van der Waals surface area contributed by atoms with E-state index in [0.29, 0.717) is 12.8 Å². The van der Waals surface area contributed by atoms with Crippen LogP contribution in [0.2, 0.25) is 19.9 Å². The molecule has 2 aliphatic rings. The Morgan fingerprint density at radius 2 is 1.70 bits per heavy atom. The Morgan fingerprint density at radius 3 is 2.09 bits per heavy atom. The van der Waals surface area contributed by atoms with E-state index >= 15 is 0 Å². The molecule has 4 unspecified atom stereocenters. The van der Waals surface area contributed by atoms with Crippen LogP contribution in [-0.2, 0) is 49.2 Å². The number of hydrogen-bond donors (Lipinski definition) is 0. The molecule has 0 bridgehead atoms. The zero-order valence-electron chi connectivity index (χ0n) is 13.3. The van der Waals surface area contributed by atoms with Gasteiger partial charge in [0.2, 0.25) is 0 Å². The molecule has 0 amide bonds. The average Bonchev–Trinajstić information content (AvgIpc) is 3.38. The van der Waals surface area contributed by atoms with E-state index < -0.39 is 41.8 Å². The molecule has 0 radical (unpaired) electrons. The van der Waals surface area contributed by atoms with Gasteiger partial charge in [-0.25, -0.2) is 0 Å². The molecule has 0 heterocycles. The Bertz CT molecular complexity index is 562. The fourth-order valence-electron chi connectivity index (χ4n) is 2.84. The van der Waals surface area contributed by atoms with Gasteiger partial charge in [-0.15, -0.1) is 0 Å². The molecule has 2 fully saturated rings. The second-order valence-corrected chi connectivity index (χ2v) is 10.2. The summed E-state index contributed by atoms with van der Waals surface area (Å²) in [5.74, 6) is 0.731. The van der Waals surface area contributed by atoms with Crippen LogP contribution in [0.25, 0.3) is 0 Å². The second-order valence-electron chi connectivity index (χ2n) is 5.75. The van der Waals surface area contributed by atoms with Crippen LogP contribution in [0.4, 0.5) is 0 Å². The Kier molecular flexibility index (Phi) is 5.35. The summed E-state index contributed by atoms with van der Waals surface area (Å²) in [5.41, 5.74) is 0. The standard InChI is InChI=1S/C8H10O2.C7H9O.CH3.2Co.2O/c1-3-6-5-7(6)8(9)10-4-2;1-3-6-4-7(6)5(2)8;;;;;/h3,6H,1-2,4-5H2;3,6H,1,4H2,2H3;1H3;;;;. The van der Waals surface area contributed by atoms with Gasteiger partial charge in [-0.2, -0.15) is 0 Å². The summed E-state index contributed by atoms with van der Waals surface area (Å²) in [6, 6.07) is 0. The summed E-state index contributed by atoms with van der Waals surface area (Å²) < 4.78 is 27.7. The number of allylic oxidation sites excluding steroid dienone is 2. The molecule has 134 valence electrons. The van der Waals surface area contributed by atoms with Crippen molar-refractivity contribution in [1.82, 2.24) is 0 Å². The molecule has 2 saturated carbocycles. The van der Waals surface area contributed by atoms with Crippen molar-refractivity contribution >= 4 is 11.8 Å². The van der Waals surface area contributed by atoms with Crippen molar-refractivity contribution in [3.05, 3.63) is 25.3 Å². The fourth-order valence-corrected chi connectivity index (χ4v) is 6.60.